The normalized spacial score (nSPS) is 14.1. The van der Waals surface area contributed by atoms with Crippen LogP contribution in [0.25, 0.3) is 0 Å². The molecule has 0 rings (SSSR count). The van der Waals surface area contributed by atoms with Crippen molar-refractivity contribution in [3.63, 3.8) is 0 Å². The van der Waals surface area contributed by atoms with Crippen LogP contribution in [0.3, 0.4) is 0 Å². The number of allylic oxidation sites excluding steroid dienone is 2. The number of carbonyl (C=O) groups is 1. The summed E-state index contributed by atoms with van der Waals surface area (Å²) in [6, 6.07) is 0. The molecule has 0 heterocycles. The van der Waals surface area contributed by atoms with Crippen LogP contribution < -0.4 is 10.6 Å². The molecule has 0 saturated carbocycles. The molecule has 0 radical (unpaired) electrons. The molecular weight excluding hydrogens is 388 g/mol. The lowest BCUT2D eigenvalue weighted by Crippen LogP contribution is -2.51. The smallest absolute Gasteiger partial charge is 0.221 e. The molecule has 0 spiro atoms. The highest BCUT2D eigenvalue weighted by atomic mass is 16.3. The molecular formula is C26H52N2O3. The first-order chi connectivity index (χ1) is 14.8. The highest BCUT2D eigenvalue weighted by molar-refractivity contribution is 5.76. The van der Waals surface area contributed by atoms with Gasteiger partial charge in [-0.05, 0) is 52.4 Å². The average molecular weight is 441 g/mol. The maximum Gasteiger partial charge on any atom is 0.221 e. The predicted octanol–water partition coefficient (Wildman–Crippen LogP) is 5.60. The molecule has 0 bridgehead atoms. The molecule has 0 aromatic heterocycles. The Hall–Kier alpha value is -0.910. The number of hydrogen-bond acceptors (Lipinski definition) is 4. The van der Waals surface area contributed by atoms with Crippen LogP contribution in [0.5, 0.6) is 0 Å². The summed E-state index contributed by atoms with van der Waals surface area (Å²) in [5.74, 6) is 0.0507. The van der Waals surface area contributed by atoms with Crippen LogP contribution in [0, 0.1) is 0 Å². The average Bonchev–Trinajstić information content (AvgIpc) is 2.72. The van der Waals surface area contributed by atoms with Crippen LogP contribution in [-0.2, 0) is 4.79 Å². The standard InChI is InChI=1S/C26H52N2O3/c1-5-7-8-9-10-11-12-13-14-15-16-17-18-19-20-21-25(30)28-24(6-2)27-22-23(29)26(3,4)31/h13-14,23-24,27,29,31H,5-12,15-22H2,1-4H3,(H,28,30)/b14-13-. The Kier molecular flexibility index (Phi) is 19.2. The van der Waals surface area contributed by atoms with E-state index in [0.29, 0.717) is 6.42 Å². The minimum absolute atomic E-state index is 0.0507. The van der Waals surface area contributed by atoms with Gasteiger partial charge in [0.25, 0.3) is 0 Å². The zero-order valence-electron chi connectivity index (χ0n) is 20.9. The fourth-order valence-electron chi connectivity index (χ4n) is 3.42. The van der Waals surface area contributed by atoms with E-state index in [1.165, 1.54) is 70.6 Å². The number of rotatable bonds is 21. The molecule has 2 atom stereocenters. The Morgan fingerprint density at radius 2 is 1.39 bits per heavy atom. The van der Waals surface area contributed by atoms with E-state index < -0.39 is 11.7 Å². The van der Waals surface area contributed by atoms with Gasteiger partial charge in [0.1, 0.15) is 0 Å². The Bertz CT molecular complexity index is 446. The summed E-state index contributed by atoms with van der Waals surface area (Å²) in [6.07, 6.45) is 21.2. The number of hydrogen-bond donors (Lipinski definition) is 4. The number of aliphatic hydroxyl groups is 2. The molecule has 31 heavy (non-hydrogen) atoms. The van der Waals surface area contributed by atoms with E-state index in [9.17, 15) is 15.0 Å². The monoisotopic (exact) mass is 440 g/mol. The fraction of sp³-hybridized carbons (Fsp3) is 0.885. The topological polar surface area (TPSA) is 81.6 Å². The Balaban J connectivity index is 3.59. The van der Waals surface area contributed by atoms with Crippen molar-refractivity contribution in [2.75, 3.05) is 6.54 Å². The van der Waals surface area contributed by atoms with Crippen molar-refractivity contribution in [2.45, 2.75) is 142 Å². The van der Waals surface area contributed by atoms with Crippen LogP contribution in [0.2, 0.25) is 0 Å². The molecule has 0 saturated heterocycles. The maximum atomic E-state index is 12.1. The van der Waals surface area contributed by atoms with E-state index in [2.05, 4.69) is 29.7 Å². The quantitative estimate of drug-likeness (QED) is 0.106. The van der Waals surface area contributed by atoms with Crippen LogP contribution >= 0.6 is 0 Å². The van der Waals surface area contributed by atoms with Crippen LogP contribution in [0.4, 0.5) is 0 Å². The van der Waals surface area contributed by atoms with Gasteiger partial charge in [-0.25, -0.2) is 0 Å². The first-order valence-electron chi connectivity index (χ1n) is 12.9. The van der Waals surface area contributed by atoms with Crippen molar-refractivity contribution in [3.05, 3.63) is 12.2 Å². The van der Waals surface area contributed by atoms with Gasteiger partial charge in [0.05, 0.1) is 17.9 Å². The number of unbranched alkanes of at least 4 members (excludes halogenated alkanes) is 11. The van der Waals surface area contributed by atoms with Gasteiger partial charge in [-0.1, -0.05) is 77.4 Å². The molecule has 0 aliphatic carbocycles. The van der Waals surface area contributed by atoms with Gasteiger partial charge in [0, 0.05) is 13.0 Å². The third-order valence-corrected chi connectivity index (χ3v) is 5.78. The molecule has 0 fully saturated rings. The van der Waals surface area contributed by atoms with Crippen LogP contribution in [0.1, 0.15) is 124 Å². The molecule has 4 N–H and O–H groups in total. The van der Waals surface area contributed by atoms with Gasteiger partial charge < -0.3 is 15.5 Å². The highest BCUT2D eigenvalue weighted by Crippen LogP contribution is 2.10. The third kappa shape index (κ3) is 19.5. The molecule has 0 aromatic carbocycles. The second-order valence-electron chi connectivity index (χ2n) is 9.44. The molecule has 2 unspecified atom stereocenters. The van der Waals surface area contributed by atoms with Gasteiger partial charge in [-0.3, -0.25) is 10.1 Å². The predicted molar refractivity (Wildman–Crippen MR) is 132 cm³/mol. The van der Waals surface area contributed by atoms with Gasteiger partial charge in [0.15, 0.2) is 0 Å². The SMILES string of the molecule is CCCCCCCC/C=C\CCCCCCCC(=O)NC(CC)NCC(O)C(C)(C)O. The number of aliphatic hydroxyl groups excluding tert-OH is 1. The van der Waals surface area contributed by atoms with Crippen LogP contribution in [-0.4, -0.2) is 40.5 Å². The van der Waals surface area contributed by atoms with Gasteiger partial charge in [-0.15, -0.1) is 0 Å². The molecule has 1 amide bonds. The summed E-state index contributed by atoms with van der Waals surface area (Å²) < 4.78 is 0. The molecule has 0 aromatic rings. The molecule has 5 heteroatoms. The summed E-state index contributed by atoms with van der Waals surface area (Å²) in [6.45, 7) is 7.64. The van der Waals surface area contributed by atoms with Crippen LogP contribution in [0.15, 0.2) is 12.2 Å². The van der Waals surface area contributed by atoms with Crippen molar-refractivity contribution in [1.82, 2.24) is 10.6 Å². The summed E-state index contributed by atoms with van der Waals surface area (Å²) in [5.41, 5.74) is -1.15. The summed E-state index contributed by atoms with van der Waals surface area (Å²) in [5, 5.41) is 25.7. The number of amides is 1. The summed E-state index contributed by atoms with van der Waals surface area (Å²) >= 11 is 0. The van der Waals surface area contributed by atoms with E-state index in [0.717, 1.165) is 19.3 Å². The molecule has 0 aliphatic rings. The van der Waals surface area contributed by atoms with Crippen molar-refractivity contribution < 1.29 is 15.0 Å². The number of nitrogens with one attached hydrogen (secondary N) is 2. The summed E-state index contributed by atoms with van der Waals surface area (Å²) in [4.78, 5) is 12.1. The second kappa shape index (κ2) is 19.8. The lowest BCUT2D eigenvalue weighted by Gasteiger charge is -2.27. The van der Waals surface area contributed by atoms with E-state index in [1.54, 1.807) is 13.8 Å². The Morgan fingerprint density at radius 1 is 0.871 bits per heavy atom. The Labute approximate surface area is 192 Å². The van der Waals surface area contributed by atoms with Crippen molar-refractivity contribution in [1.29, 1.82) is 0 Å². The maximum absolute atomic E-state index is 12.1. The Morgan fingerprint density at radius 3 is 1.90 bits per heavy atom. The second-order valence-corrected chi connectivity index (χ2v) is 9.44. The largest absolute Gasteiger partial charge is 0.389 e. The van der Waals surface area contributed by atoms with Gasteiger partial charge in [-0.2, -0.15) is 0 Å². The van der Waals surface area contributed by atoms with Crippen molar-refractivity contribution >= 4 is 5.91 Å². The highest BCUT2D eigenvalue weighted by Gasteiger charge is 2.24. The van der Waals surface area contributed by atoms with Gasteiger partial charge >= 0.3 is 0 Å². The van der Waals surface area contributed by atoms with E-state index in [-0.39, 0.29) is 18.6 Å². The first kappa shape index (κ1) is 30.1. The molecule has 184 valence electrons. The fourth-order valence-corrected chi connectivity index (χ4v) is 3.42. The summed E-state index contributed by atoms with van der Waals surface area (Å²) in [7, 11) is 0. The van der Waals surface area contributed by atoms with E-state index in [4.69, 9.17) is 0 Å². The number of carbonyl (C=O) groups excluding carboxylic acids is 1. The van der Waals surface area contributed by atoms with Gasteiger partial charge in [0.2, 0.25) is 5.91 Å². The zero-order chi connectivity index (χ0) is 23.4. The lowest BCUT2D eigenvalue weighted by atomic mass is 10.0. The minimum atomic E-state index is -1.15. The van der Waals surface area contributed by atoms with Crippen molar-refractivity contribution in [3.8, 4) is 0 Å². The zero-order valence-corrected chi connectivity index (χ0v) is 20.9. The van der Waals surface area contributed by atoms with E-state index in [1.807, 2.05) is 6.92 Å². The van der Waals surface area contributed by atoms with Crippen molar-refractivity contribution in [2.24, 2.45) is 0 Å². The molecule has 0 aliphatic heterocycles. The first-order valence-corrected chi connectivity index (χ1v) is 12.9. The molecule has 5 nitrogen and oxygen atoms in total. The minimum Gasteiger partial charge on any atom is -0.389 e. The third-order valence-electron chi connectivity index (χ3n) is 5.78. The van der Waals surface area contributed by atoms with E-state index >= 15 is 0 Å². The lowest BCUT2D eigenvalue weighted by molar-refractivity contribution is -0.122.